The molecule has 2 aliphatic rings. The number of nitrogens with one attached hydrogen (secondary N) is 1. The first-order valence-corrected chi connectivity index (χ1v) is 11.6. The van der Waals surface area contributed by atoms with Gasteiger partial charge in [0.05, 0.1) is 37.1 Å². The van der Waals surface area contributed by atoms with Gasteiger partial charge in [0.1, 0.15) is 0 Å². The first kappa shape index (κ1) is 19.8. The Labute approximate surface area is 159 Å². The molecule has 1 saturated heterocycles. The van der Waals surface area contributed by atoms with Gasteiger partial charge < -0.3 is 4.90 Å². The second kappa shape index (κ2) is 7.61. The molecule has 5 heteroatoms. The van der Waals surface area contributed by atoms with Crippen molar-refractivity contribution in [1.82, 2.24) is 4.31 Å². The van der Waals surface area contributed by atoms with Crippen molar-refractivity contribution in [2.24, 2.45) is 5.92 Å². The van der Waals surface area contributed by atoms with E-state index in [0.717, 1.165) is 30.6 Å². The Morgan fingerprint density at radius 1 is 1.00 bits per heavy atom. The first-order chi connectivity index (χ1) is 12.2. The van der Waals surface area contributed by atoms with Gasteiger partial charge in [0, 0.05) is 5.92 Å². The molecule has 1 aromatic rings. The molecular formula is C21H35N2O2S+. The second-order valence-corrected chi connectivity index (χ2v) is 11.1. The minimum atomic E-state index is -3.37. The Balaban J connectivity index is 1.66. The van der Waals surface area contributed by atoms with E-state index in [1.54, 1.807) is 21.3 Å². The van der Waals surface area contributed by atoms with Crippen LogP contribution in [0.4, 0.5) is 0 Å². The fraction of sp³-hybridized carbons (Fsp3) is 0.714. The molecule has 0 amide bonds. The molecule has 26 heavy (non-hydrogen) atoms. The lowest BCUT2D eigenvalue weighted by Crippen LogP contribution is -3.19. The van der Waals surface area contributed by atoms with Crippen molar-refractivity contribution >= 4 is 10.0 Å². The lowest BCUT2D eigenvalue weighted by atomic mass is 9.84. The number of quaternary nitrogens is 1. The number of nitrogens with zero attached hydrogens (tertiary/aromatic N) is 1. The predicted octanol–water partition coefficient (Wildman–Crippen LogP) is 2.45. The van der Waals surface area contributed by atoms with Gasteiger partial charge in [-0.05, 0) is 42.4 Å². The molecule has 1 aliphatic carbocycles. The molecule has 0 radical (unpaired) electrons. The Hall–Kier alpha value is -0.910. The smallest absolute Gasteiger partial charge is 0.243 e. The van der Waals surface area contributed by atoms with Gasteiger partial charge in [-0.15, -0.1) is 0 Å². The van der Waals surface area contributed by atoms with Gasteiger partial charge in [-0.1, -0.05) is 46.2 Å². The van der Waals surface area contributed by atoms with Crippen molar-refractivity contribution < 1.29 is 13.3 Å². The predicted molar refractivity (Wildman–Crippen MR) is 106 cm³/mol. The van der Waals surface area contributed by atoms with Gasteiger partial charge in [-0.25, -0.2) is 8.42 Å². The van der Waals surface area contributed by atoms with E-state index in [2.05, 4.69) is 27.7 Å². The van der Waals surface area contributed by atoms with Crippen molar-refractivity contribution in [3.63, 3.8) is 0 Å². The van der Waals surface area contributed by atoms with Crippen molar-refractivity contribution in [1.29, 1.82) is 0 Å². The molecule has 1 saturated carbocycles. The third-order valence-corrected chi connectivity index (χ3v) is 8.27. The standard InChI is InChI=1S/C21H34N2O2S/c1-17-7-5-6-8-20(17)22-13-15-23(16-14-22)26(24,25)19-11-9-18(10-12-19)21(2,3)4/h9-12,17,20H,5-8,13-16H2,1-4H3/p+1/t17-,20+/m1/s1. The topological polar surface area (TPSA) is 41.8 Å². The first-order valence-electron chi connectivity index (χ1n) is 10.1. The highest BCUT2D eigenvalue weighted by molar-refractivity contribution is 7.89. The normalized spacial score (nSPS) is 26.8. The highest BCUT2D eigenvalue weighted by atomic mass is 32.2. The molecule has 1 aliphatic heterocycles. The summed E-state index contributed by atoms with van der Waals surface area (Å²) in [4.78, 5) is 2.05. The highest BCUT2D eigenvalue weighted by Crippen LogP contribution is 2.25. The van der Waals surface area contributed by atoms with Crippen LogP contribution >= 0.6 is 0 Å². The molecule has 4 nitrogen and oxygen atoms in total. The lowest BCUT2D eigenvalue weighted by Gasteiger charge is -2.40. The van der Waals surface area contributed by atoms with E-state index in [1.807, 2.05) is 12.1 Å². The molecule has 0 aromatic heterocycles. The monoisotopic (exact) mass is 379 g/mol. The Kier molecular flexibility index (Phi) is 5.80. The number of rotatable bonds is 3. The zero-order chi connectivity index (χ0) is 18.9. The minimum absolute atomic E-state index is 0.0357. The second-order valence-electron chi connectivity index (χ2n) is 9.20. The van der Waals surface area contributed by atoms with Gasteiger partial charge >= 0.3 is 0 Å². The Morgan fingerprint density at radius 3 is 2.12 bits per heavy atom. The maximum absolute atomic E-state index is 13.0. The number of piperazine rings is 1. The summed E-state index contributed by atoms with van der Waals surface area (Å²) in [6.07, 6.45) is 5.32. The van der Waals surface area contributed by atoms with Gasteiger partial charge in [-0.2, -0.15) is 4.31 Å². The maximum atomic E-state index is 13.0. The van der Waals surface area contributed by atoms with Crippen LogP contribution in [0.3, 0.4) is 0 Å². The van der Waals surface area contributed by atoms with Gasteiger partial charge in [0.15, 0.2) is 0 Å². The molecule has 1 aromatic carbocycles. The van der Waals surface area contributed by atoms with Crippen molar-refractivity contribution in [2.45, 2.75) is 69.7 Å². The third-order valence-electron chi connectivity index (χ3n) is 6.36. The molecule has 2 atom stereocenters. The molecule has 0 spiro atoms. The van der Waals surface area contributed by atoms with Crippen LogP contribution in [0, 0.1) is 5.92 Å². The zero-order valence-electron chi connectivity index (χ0n) is 16.8. The molecule has 1 N–H and O–H groups in total. The SMILES string of the molecule is C[C@@H]1CCCC[C@@H]1[NH+]1CCN(S(=O)(=O)c2ccc(C(C)(C)C)cc2)CC1. The summed E-state index contributed by atoms with van der Waals surface area (Å²) in [5, 5.41) is 0. The molecule has 3 rings (SSSR count). The van der Waals surface area contributed by atoms with Gasteiger partial charge in [0.2, 0.25) is 10.0 Å². The van der Waals surface area contributed by atoms with Crippen molar-refractivity contribution in [3.8, 4) is 0 Å². The summed E-state index contributed by atoms with van der Waals surface area (Å²) in [7, 11) is -3.37. The average Bonchev–Trinajstić information content (AvgIpc) is 2.62. The maximum Gasteiger partial charge on any atom is 0.243 e. The van der Waals surface area contributed by atoms with Gasteiger partial charge in [-0.3, -0.25) is 0 Å². The number of benzene rings is 1. The number of sulfonamides is 1. The van der Waals surface area contributed by atoms with Crippen LogP contribution in [-0.2, 0) is 15.4 Å². The van der Waals surface area contributed by atoms with E-state index in [-0.39, 0.29) is 5.41 Å². The van der Waals surface area contributed by atoms with E-state index in [9.17, 15) is 8.42 Å². The largest absolute Gasteiger partial charge is 0.330 e. The Morgan fingerprint density at radius 2 is 1.58 bits per heavy atom. The van der Waals surface area contributed by atoms with E-state index >= 15 is 0 Å². The Bertz CT molecular complexity index is 699. The summed E-state index contributed by atoms with van der Waals surface area (Å²) in [5.41, 5.74) is 1.20. The van der Waals surface area contributed by atoms with E-state index in [1.165, 1.54) is 25.7 Å². The minimum Gasteiger partial charge on any atom is -0.330 e. The third kappa shape index (κ3) is 4.15. The lowest BCUT2D eigenvalue weighted by molar-refractivity contribution is -0.933. The van der Waals surface area contributed by atoms with Gasteiger partial charge in [0.25, 0.3) is 0 Å². The van der Waals surface area contributed by atoms with Crippen molar-refractivity contribution in [3.05, 3.63) is 29.8 Å². The van der Waals surface area contributed by atoms with E-state index in [0.29, 0.717) is 18.0 Å². The van der Waals surface area contributed by atoms with Crippen LogP contribution in [0.2, 0.25) is 0 Å². The number of hydrogen-bond donors (Lipinski definition) is 1. The summed E-state index contributed by atoms with van der Waals surface area (Å²) >= 11 is 0. The highest BCUT2D eigenvalue weighted by Gasteiger charge is 2.36. The van der Waals surface area contributed by atoms with Crippen LogP contribution in [0.5, 0.6) is 0 Å². The molecule has 0 unspecified atom stereocenters. The summed E-state index contributed by atoms with van der Waals surface area (Å²) in [6, 6.07) is 8.19. The van der Waals surface area contributed by atoms with Crippen LogP contribution in [0.15, 0.2) is 29.2 Å². The fourth-order valence-electron chi connectivity index (χ4n) is 4.58. The fourth-order valence-corrected chi connectivity index (χ4v) is 6.02. The van der Waals surface area contributed by atoms with Crippen LogP contribution in [-0.4, -0.2) is 44.9 Å². The van der Waals surface area contributed by atoms with Crippen LogP contribution in [0.25, 0.3) is 0 Å². The zero-order valence-corrected chi connectivity index (χ0v) is 17.6. The molecule has 2 fully saturated rings. The summed E-state index contributed by atoms with van der Waals surface area (Å²) < 4.78 is 27.7. The summed E-state index contributed by atoms with van der Waals surface area (Å²) in [6.45, 7) is 12.0. The molecule has 146 valence electrons. The summed E-state index contributed by atoms with van der Waals surface area (Å²) in [5.74, 6) is 0.770. The van der Waals surface area contributed by atoms with E-state index < -0.39 is 10.0 Å². The van der Waals surface area contributed by atoms with E-state index in [4.69, 9.17) is 0 Å². The molecule has 1 heterocycles. The van der Waals surface area contributed by atoms with Crippen LogP contribution < -0.4 is 4.90 Å². The number of hydrogen-bond acceptors (Lipinski definition) is 2. The molecular weight excluding hydrogens is 344 g/mol. The quantitative estimate of drug-likeness (QED) is 0.876. The van der Waals surface area contributed by atoms with Crippen LogP contribution in [0.1, 0.15) is 58.9 Å². The molecule has 0 bridgehead atoms. The van der Waals surface area contributed by atoms with Crippen molar-refractivity contribution in [2.75, 3.05) is 26.2 Å². The average molecular weight is 380 g/mol.